The molecule has 2 aromatic carbocycles. The summed E-state index contributed by atoms with van der Waals surface area (Å²) in [7, 11) is -0.828. The standard InChI is InChI=1S/C23H27N3O4S2/c1-15-24-21(26-32(27,28)17-13-11-16(12-14-17)23(2,3)4)20(22(25-15)30-6)31-19-10-8-7-9-18(19)29-5/h7-14H,1-6H3,(H,24,25,26). The number of hydrogen-bond acceptors (Lipinski definition) is 7. The van der Waals surface area contributed by atoms with Crippen LogP contribution in [0.5, 0.6) is 11.6 Å². The van der Waals surface area contributed by atoms with E-state index < -0.39 is 10.0 Å². The number of ether oxygens (including phenoxy) is 2. The molecule has 0 atom stereocenters. The van der Waals surface area contributed by atoms with Crippen LogP contribution in [0.25, 0.3) is 0 Å². The zero-order chi connectivity index (χ0) is 23.5. The van der Waals surface area contributed by atoms with Gasteiger partial charge in [-0.05, 0) is 42.2 Å². The number of aromatic nitrogens is 2. The molecule has 0 bridgehead atoms. The summed E-state index contributed by atoms with van der Waals surface area (Å²) in [4.78, 5) is 10.0. The lowest BCUT2D eigenvalue weighted by molar-refractivity contribution is 0.385. The first-order chi connectivity index (χ1) is 15.0. The number of aryl methyl sites for hydroxylation is 1. The molecule has 0 spiro atoms. The zero-order valence-corrected chi connectivity index (χ0v) is 20.6. The molecule has 32 heavy (non-hydrogen) atoms. The van der Waals surface area contributed by atoms with Gasteiger partial charge in [0.05, 0.1) is 24.0 Å². The minimum Gasteiger partial charge on any atom is -0.496 e. The third-order valence-corrected chi connectivity index (χ3v) is 7.17. The second-order valence-electron chi connectivity index (χ2n) is 8.09. The lowest BCUT2D eigenvalue weighted by Gasteiger charge is -2.19. The van der Waals surface area contributed by atoms with Crippen LogP contribution < -0.4 is 14.2 Å². The number of nitrogens with zero attached hydrogens (tertiary/aromatic N) is 2. The summed E-state index contributed by atoms with van der Waals surface area (Å²) in [6.45, 7) is 7.90. The van der Waals surface area contributed by atoms with Gasteiger partial charge in [-0.3, -0.25) is 4.72 Å². The maximum atomic E-state index is 13.2. The van der Waals surface area contributed by atoms with Gasteiger partial charge in [-0.15, -0.1) is 0 Å². The summed E-state index contributed by atoms with van der Waals surface area (Å²) in [6.07, 6.45) is 0. The lowest BCUT2D eigenvalue weighted by Crippen LogP contribution is -2.17. The van der Waals surface area contributed by atoms with E-state index in [2.05, 4.69) is 35.5 Å². The Balaban J connectivity index is 2.02. The first-order valence-corrected chi connectivity index (χ1v) is 12.2. The third kappa shape index (κ3) is 5.34. The highest BCUT2D eigenvalue weighted by molar-refractivity contribution is 7.99. The van der Waals surface area contributed by atoms with E-state index in [4.69, 9.17) is 9.47 Å². The first-order valence-electron chi connectivity index (χ1n) is 9.92. The Morgan fingerprint density at radius 2 is 1.59 bits per heavy atom. The number of sulfonamides is 1. The maximum Gasteiger partial charge on any atom is 0.263 e. The Kier molecular flexibility index (Phi) is 7.00. The fraction of sp³-hybridized carbons (Fsp3) is 0.304. The molecule has 9 heteroatoms. The van der Waals surface area contributed by atoms with Gasteiger partial charge >= 0.3 is 0 Å². The average Bonchev–Trinajstić information content (AvgIpc) is 2.75. The van der Waals surface area contributed by atoms with Crippen LogP contribution in [0.3, 0.4) is 0 Å². The van der Waals surface area contributed by atoms with E-state index in [1.54, 1.807) is 26.2 Å². The van der Waals surface area contributed by atoms with Crippen LogP contribution in [0, 0.1) is 6.92 Å². The van der Waals surface area contributed by atoms with E-state index in [1.807, 2.05) is 36.4 Å². The predicted molar refractivity (Wildman–Crippen MR) is 126 cm³/mol. The summed E-state index contributed by atoms with van der Waals surface area (Å²) in [5.41, 5.74) is 0.967. The van der Waals surface area contributed by atoms with Crippen molar-refractivity contribution in [1.29, 1.82) is 0 Å². The molecule has 3 aromatic rings. The van der Waals surface area contributed by atoms with Crippen molar-refractivity contribution in [3.63, 3.8) is 0 Å². The highest BCUT2D eigenvalue weighted by Crippen LogP contribution is 2.42. The monoisotopic (exact) mass is 473 g/mol. The largest absolute Gasteiger partial charge is 0.496 e. The highest BCUT2D eigenvalue weighted by Gasteiger charge is 2.23. The molecule has 0 fully saturated rings. The maximum absolute atomic E-state index is 13.2. The summed E-state index contributed by atoms with van der Waals surface area (Å²) < 4.78 is 39.8. The summed E-state index contributed by atoms with van der Waals surface area (Å²) >= 11 is 1.27. The Morgan fingerprint density at radius 1 is 0.938 bits per heavy atom. The Hall–Kier alpha value is -2.78. The molecule has 0 unspecified atom stereocenters. The molecule has 1 aromatic heterocycles. The van der Waals surface area contributed by atoms with Crippen LogP contribution in [-0.4, -0.2) is 32.6 Å². The molecular weight excluding hydrogens is 446 g/mol. The summed E-state index contributed by atoms with van der Waals surface area (Å²) in [5.74, 6) is 1.44. The SMILES string of the molecule is COc1ccccc1Sc1c(NS(=O)(=O)c2ccc(C(C)(C)C)cc2)nc(C)nc1OC. The van der Waals surface area contributed by atoms with Gasteiger partial charge in [-0.25, -0.2) is 13.4 Å². The van der Waals surface area contributed by atoms with E-state index in [-0.39, 0.29) is 22.0 Å². The van der Waals surface area contributed by atoms with Gasteiger partial charge < -0.3 is 9.47 Å². The van der Waals surface area contributed by atoms with Crippen LogP contribution in [0.4, 0.5) is 5.82 Å². The Morgan fingerprint density at radius 3 is 2.19 bits per heavy atom. The number of rotatable bonds is 7. The van der Waals surface area contributed by atoms with E-state index in [0.29, 0.717) is 16.5 Å². The van der Waals surface area contributed by atoms with Crippen molar-refractivity contribution in [2.75, 3.05) is 18.9 Å². The predicted octanol–water partition coefficient (Wildman–Crippen LogP) is 5.05. The molecule has 7 nitrogen and oxygen atoms in total. The zero-order valence-electron chi connectivity index (χ0n) is 19.0. The van der Waals surface area contributed by atoms with Crippen molar-refractivity contribution in [3.05, 3.63) is 59.9 Å². The molecular formula is C23H27N3O4S2. The number of methoxy groups -OCH3 is 2. The highest BCUT2D eigenvalue weighted by atomic mass is 32.2. The fourth-order valence-electron chi connectivity index (χ4n) is 2.97. The molecule has 1 heterocycles. The average molecular weight is 474 g/mol. The molecule has 0 amide bonds. The molecule has 0 saturated heterocycles. The summed E-state index contributed by atoms with van der Waals surface area (Å²) in [5, 5.41) is 0. The molecule has 170 valence electrons. The Labute approximate surface area is 193 Å². The molecule has 0 saturated carbocycles. The van der Waals surface area contributed by atoms with Crippen molar-refractivity contribution >= 4 is 27.6 Å². The van der Waals surface area contributed by atoms with Crippen LogP contribution in [0.2, 0.25) is 0 Å². The third-order valence-electron chi connectivity index (χ3n) is 4.68. The number of nitrogens with one attached hydrogen (secondary N) is 1. The summed E-state index contributed by atoms with van der Waals surface area (Å²) in [6, 6.07) is 14.3. The minimum atomic E-state index is -3.89. The number of benzene rings is 2. The van der Waals surface area contributed by atoms with E-state index in [1.165, 1.54) is 18.9 Å². The lowest BCUT2D eigenvalue weighted by atomic mass is 9.87. The number of para-hydroxylation sites is 1. The molecule has 0 aliphatic rings. The van der Waals surface area contributed by atoms with Crippen molar-refractivity contribution in [1.82, 2.24) is 9.97 Å². The molecule has 0 aliphatic carbocycles. The fourth-order valence-corrected chi connectivity index (χ4v) is 5.08. The molecule has 3 rings (SSSR count). The normalized spacial score (nSPS) is 11.8. The van der Waals surface area contributed by atoms with Crippen molar-refractivity contribution < 1.29 is 17.9 Å². The van der Waals surface area contributed by atoms with Crippen LogP contribution >= 0.6 is 11.8 Å². The smallest absolute Gasteiger partial charge is 0.263 e. The minimum absolute atomic E-state index is 0.0780. The van der Waals surface area contributed by atoms with Crippen molar-refractivity contribution in [2.24, 2.45) is 0 Å². The van der Waals surface area contributed by atoms with Gasteiger partial charge in [-0.2, -0.15) is 4.98 Å². The van der Waals surface area contributed by atoms with Crippen LogP contribution in [0.1, 0.15) is 32.2 Å². The molecule has 0 radical (unpaired) electrons. The van der Waals surface area contributed by atoms with Gasteiger partial charge in [-0.1, -0.05) is 56.8 Å². The van der Waals surface area contributed by atoms with Gasteiger partial charge in [0.25, 0.3) is 10.0 Å². The quantitative estimate of drug-likeness (QED) is 0.513. The van der Waals surface area contributed by atoms with Crippen molar-refractivity contribution in [2.45, 2.75) is 47.8 Å². The number of anilines is 1. The van der Waals surface area contributed by atoms with Gasteiger partial charge in [0, 0.05) is 0 Å². The number of hydrogen-bond donors (Lipinski definition) is 1. The van der Waals surface area contributed by atoms with Gasteiger partial charge in [0.2, 0.25) is 5.88 Å². The van der Waals surface area contributed by atoms with Crippen LogP contribution in [0.15, 0.2) is 63.2 Å². The van der Waals surface area contributed by atoms with Gasteiger partial charge in [0.15, 0.2) is 5.82 Å². The van der Waals surface area contributed by atoms with E-state index >= 15 is 0 Å². The van der Waals surface area contributed by atoms with E-state index in [9.17, 15) is 8.42 Å². The molecule has 0 aliphatic heterocycles. The second-order valence-corrected chi connectivity index (χ2v) is 10.8. The first kappa shape index (κ1) is 23.9. The Bertz CT molecular complexity index is 1200. The van der Waals surface area contributed by atoms with E-state index in [0.717, 1.165) is 10.5 Å². The van der Waals surface area contributed by atoms with Crippen LogP contribution in [-0.2, 0) is 15.4 Å². The molecule has 1 N–H and O–H groups in total. The topological polar surface area (TPSA) is 90.4 Å². The van der Waals surface area contributed by atoms with Gasteiger partial charge in [0.1, 0.15) is 16.5 Å². The van der Waals surface area contributed by atoms with Crippen molar-refractivity contribution in [3.8, 4) is 11.6 Å². The second kappa shape index (κ2) is 9.38.